The van der Waals surface area contributed by atoms with E-state index in [4.69, 9.17) is 9.47 Å². The molecule has 0 unspecified atom stereocenters. The Balaban J connectivity index is 1.27. The Hall–Kier alpha value is -2.05. The summed E-state index contributed by atoms with van der Waals surface area (Å²) < 4.78 is 11.3. The number of benzene rings is 1. The van der Waals surface area contributed by atoms with Crippen molar-refractivity contribution in [3.63, 3.8) is 0 Å². The van der Waals surface area contributed by atoms with Gasteiger partial charge in [-0.05, 0) is 56.7 Å². The van der Waals surface area contributed by atoms with E-state index in [1.807, 2.05) is 31.3 Å². The first-order chi connectivity index (χ1) is 13.1. The normalized spacial score (nSPS) is 28.7. The van der Waals surface area contributed by atoms with E-state index in [0.717, 1.165) is 28.9 Å². The number of ether oxygens (including phenoxy) is 2. The summed E-state index contributed by atoms with van der Waals surface area (Å²) in [7, 11) is 0. The van der Waals surface area contributed by atoms with Gasteiger partial charge in [0, 0.05) is 29.2 Å². The largest absolute Gasteiger partial charge is 0.493 e. The molecule has 3 aliphatic rings. The molecule has 2 bridgehead atoms. The highest BCUT2D eigenvalue weighted by atomic mass is 16.5. The average Bonchev–Trinajstić information content (AvgIpc) is 3.20. The smallest absolute Gasteiger partial charge is 0.235 e. The monoisotopic (exact) mass is 369 g/mol. The molecule has 1 aromatic carbocycles. The van der Waals surface area contributed by atoms with Gasteiger partial charge in [0.15, 0.2) is 0 Å². The van der Waals surface area contributed by atoms with Crippen molar-refractivity contribution in [2.24, 2.45) is 11.3 Å². The van der Waals surface area contributed by atoms with Crippen LogP contribution in [0.4, 0.5) is 5.69 Å². The lowest BCUT2D eigenvalue weighted by Gasteiger charge is -2.36. The number of hydrogen-bond donors (Lipinski definition) is 3. The van der Waals surface area contributed by atoms with E-state index < -0.39 is 5.41 Å². The van der Waals surface area contributed by atoms with E-state index >= 15 is 0 Å². The number of fused-ring (bicyclic) bond motifs is 3. The molecule has 0 radical (unpaired) electrons. The van der Waals surface area contributed by atoms with Gasteiger partial charge in [-0.3, -0.25) is 4.79 Å². The molecule has 5 rings (SSSR count). The maximum Gasteiger partial charge on any atom is 0.235 e. The minimum Gasteiger partial charge on any atom is -0.493 e. The highest BCUT2D eigenvalue weighted by Gasteiger charge is 2.41. The molecule has 3 aliphatic heterocycles. The zero-order valence-electron chi connectivity index (χ0n) is 15.7. The lowest BCUT2D eigenvalue weighted by Crippen LogP contribution is -2.49. The topological polar surface area (TPSA) is 75.4 Å². The summed E-state index contributed by atoms with van der Waals surface area (Å²) in [5.41, 5.74) is 1.37. The van der Waals surface area contributed by atoms with Gasteiger partial charge >= 0.3 is 0 Å². The van der Waals surface area contributed by atoms with Crippen LogP contribution < -0.4 is 15.4 Å². The number of aromatic amines is 1. The van der Waals surface area contributed by atoms with Crippen LogP contribution in [0.25, 0.3) is 10.9 Å². The number of anilines is 1. The summed E-state index contributed by atoms with van der Waals surface area (Å²) in [4.78, 5) is 15.7. The van der Waals surface area contributed by atoms with E-state index in [1.165, 1.54) is 25.7 Å². The Morgan fingerprint density at radius 3 is 2.78 bits per heavy atom. The molecule has 1 aromatic heterocycles. The molecule has 27 heavy (non-hydrogen) atoms. The van der Waals surface area contributed by atoms with Crippen LogP contribution in [0, 0.1) is 11.3 Å². The van der Waals surface area contributed by atoms with Crippen molar-refractivity contribution in [2.75, 3.05) is 25.1 Å². The summed E-state index contributed by atoms with van der Waals surface area (Å²) in [6.45, 7) is 3.66. The van der Waals surface area contributed by atoms with Crippen molar-refractivity contribution in [1.29, 1.82) is 0 Å². The average molecular weight is 369 g/mol. The van der Waals surface area contributed by atoms with E-state index in [2.05, 4.69) is 15.6 Å². The lowest BCUT2D eigenvalue weighted by molar-refractivity contribution is -0.151. The number of aromatic nitrogens is 1. The number of nitrogens with one attached hydrogen (secondary N) is 3. The fourth-order valence-electron chi connectivity index (χ4n) is 4.63. The predicted molar refractivity (Wildman–Crippen MR) is 104 cm³/mol. The Bertz CT molecular complexity index is 845. The van der Waals surface area contributed by atoms with Crippen molar-refractivity contribution in [3.05, 3.63) is 24.4 Å². The van der Waals surface area contributed by atoms with Gasteiger partial charge in [0.25, 0.3) is 0 Å². The number of hydrogen-bond acceptors (Lipinski definition) is 4. The standard InChI is InChI=1S/C21H27N3O3/c1-21(11-26-12-21)20(25)24-19-9-22-18-5-4-16(8-17(18)19)27-10-13-6-14-2-3-15(7-13)23-14/h4-5,8-9,13-15,22-23H,2-3,6-7,10-12H2,1H3,(H,24,25)/t13-,14-,15+. The number of carbonyl (C=O) groups is 1. The van der Waals surface area contributed by atoms with Crippen LogP contribution in [0.15, 0.2) is 24.4 Å². The third-order valence-electron chi connectivity index (χ3n) is 6.35. The molecule has 144 valence electrons. The second-order valence-corrected chi connectivity index (χ2v) is 8.70. The molecule has 4 heterocycles. The Morgan fingerprint density at radius 1 is 1.30 bits per heavy atom. The first-order valence-electron chi connectivity index (χ1n) is 9.98. The maximum absolute atomic E-state index is 12.5. The van der Waals surface area contributed by atoms with Crippen molar-refractivity contribution < 1.29 is 14.3 Å². The highest BCUT2D eigenvalue weighted by Crippen LogP contribution is 2.33. The van der Waals surface area contributed by atoms with Gasteiger partial charge in [0.2, 0.25) is 5.91 Å². The van der Waals surface area contributed by atoms with Gasteiger partial charge in [-0.25, -0.2) is 0 Å². The molecule has 1 amide bonds. The fraction of sp³-hybridized carbons (Fsp3) is 0.571. The Kier molecular flexibility index (Phi) is 4.13. The number of H-pyrrole nitrogens is 1. The van der Waals surface area contributed by atoms with Crippen LogP contribution in [0.1, 0.15) is 32.6 Å². The molecule has 3 saturated heterocycles. The third kappa shape index (κ3) is 3.21. The summed E-state index contributed by atoms with van der Waals surface area (Å²) in [6.07, 6.45) is 6.89. The maximum atomic E-state index is 12.5. The van der Waals surface area contributed by atoms with Gasteiger partial charge in [0.1, 0.15) is 5.75 Å². The summed E-state index contributed by atoms with van der Waals surface area (Å²) >= 11 is 0. The summed E-state index contributed by atoms with van der Waals surface area (Å²) in [6, 6.07) is 7.41. The van der Waals surface area contributed by atoms with Crippen LogP contribution in [-0.4, -0.2) is 42.8 Å². The van der Waals surface area contributed by atoms with Gasteiger partial charge in [-0.1, -0.05) is 0 Å². The van der Waals surface area contributed by atoms with Crippen molar-refractivity contribution in [1.82, 2.24) is 10.3 Å². The van der Waals surface area contributed by atoms with Crippen molar-refractivity contribution >= 4 is 22.5 Å². The van der Waals surface area contributed by atoms with Crippen molar-refractivity contribution in [3.8, 4) is 5.75 Å². The van der Waals surface area contributed by atoms with E-state index in [9.17, 15) is 4.79 Å². The minimum absolute atomic E-state index is 0.00570. The van der Waals surface area contributed by atoms with E-state index in [1.54, 1.807) is 0 Å². The van der Waals surface area contributed by atoms with E-state index in [0.29, 0.717) is 31.2 Å². The zero-order valence-corrected chi connectivity index (χ0v) is 15.7. The molecule has 2 aromatic rings. The quantitative estimate of drug-likeness (QED) is 0.757. The van der Waals surface area contributed by atoms with Crippen LogP contribution in [0.3, 0.4) is 0 Å². The molecule has 3 fully saturated rings. The second-order valence-electron chi connectivity index (χ2n) is 8.70. The van der Waals surface area contributed by atoms with Gasteiger partial charge < -0.3 is 25.1 Å². The van der Waals surface area contributed by atoms with Crippen LogP contribution >= 0.6 is 0 Å². The third-order valence-corrected chi connectivity index (χ3v) is 6.35. The zero-order chi connectivity index (χ0) is 18.4. The van der Waals surface area contributed by atoms with Gasteiger partial charge in [-0.15, -0.1) is 0 Å². The number of piperidine rings is 1. The molecule has 0 saturated carbocycles. The predicted octanol–water partition coefficient (Wildman–Crippen LogP) is 3.05. The lowest BCUT2D eigenvalue weighted by atomic mass is 9.87. The van der Waals surface area contributed by atoms with Gasteiger partial charge in [0.05, 0.1) is 30.9 Å². The van der Waals surface area contributed by atoms with Gasteiger partial charge in [-0.2, -0.15) is 0 Å². The molecule has 6 heteroatoms. The highest BCUT2D eigenvalue weighted by molar-refractivity contribution is 6.04. The fourth-order valence-corrected chi connectivity index (χ4v) is 4.63. The summed E-state index contributed by atoms with van der Waals surface area (Å²) in [5.74, 6) is 1.50. The Morgan fingerprint density at radius 2 is 2.07 bits per heavy atom. The first kappa shape index (κ1) is 17.1. The summed E-state index contributed by atoms with van der Waals surface area (Å²) in [5, 5.41) is 7.71. The molecule has 3 N–H and O–H groups in total. The van der Waals surface area contributed by atoms with E-state index in [-0.39, 0.29) is 5.91 Å². The van der Waals surface area contributed by atoms with Crippen LogP contribution in [0.2, 0.25) is 0 Å². The molecule has 6 nitrogen and oxygen atoms in total. The Labute approximate surface area is 159 Å². The SMILES string of the molecule is CC1(C(=O)Nc2c[nH]c3ccc(OC[C@@H]4C[C@H]5CC[C@@H](C4)N5)cc23)COC1. The molecular formula is C21H27N3O3. The van der Waals surface area contributed by atoms with Crippen molar-refractivity contribution in [2.45, 2.75) is 44.7 Å². The molecule has 0 spiro atoms. The second kappa shape index (κ2) is 6.53. The molecular weight excluding hydrogens is 342 g/mol. The molecule has 3 atom stereocenters. The number of rotatable bonds is 5. The first-order valence-corrected chi connectivity index (χ1v) is 9.98. The van der Waals surface area contributed by atoms with Crippen LogP contribution in [-0.2, 0) is 9.53 Å². The number of amides is 1. The molecule has 0 aliphatic carbocycles. The van der Waals surface area contributed by atoms with Crippen LogP contribution in [0.5, 0.6) is 5.75 Å². The number of carbonyl (C=O) groups excluding carboxylic acids is 1. The minimum atomic E-state index is -0.425.